The Morgan fingerprint density at radius 2 is 1.91 bits per heavy atom. The van der Waals surface area contributed by atoms with E-state index in [-0.39, 0.29) is 18.3 Å². The third-order valence-corrected chi connectivity index (χ3v) is 4.22. The average molecular weight is 304 g/mol. The van der Waals surface area contributed by atoms with Gasteiger partial charge in [-0.1, -0.05) is 6.07 Å². The summed E-state index contributed by atoms with van der Waals surface area (Å²) >= 11 is 0. The molecule has 1 aromatic heterocycles. The molecule has 0 saturated carbocycles. The van der Waals surface area contributed by atoms with Crippen LogP contribution in [-0.2, 0) is 9.31 Å². The lowest BCUT2D eigenvalue weighted by molar-refractivity contribution is 0.00578. The van der Waals surface area contributed by atoms with Crippen LogP contribution in [0.5, 0.6) is 5.88 Å². The Bertz CT molecular complexity index is 542. The van der Waals surface area contributed by atoms with Crippen LogP contribution in [0.3, 0.4) is 0 Å². The Hall–Kier alpha value is -1.37. The van der Waals surface area contributed by atoms with E-state index in [0.29, 0.717) is 12.4 Å². The molecule has 0 atom stereocenters. The van der Waals surface area contributed by atoms with Gasteiger partial charge in [0.1, 0.15) is 0 Å². The number of pyridine rings is 1. The van der Waals surface area contributed by atoms with Gasteiger partial charge in [0, 0.05) is 12.6 Å². The number of ether oxygens (including phenoxy) is 1. The monoisotopic (exact) mass is 304 g/mol. The Kier molecular flexibility index (Phi) is 4.95. The number of hydrogen-bond donors (Lipinski definition) is 1. The summed E-state index contributed by atoms with van der Waals surface area (Å²) in [5.41, 5.74) is 1.11. The van der Waals surface area contributed by atoms with E-state index < -0.39 is 0 Å². The molecule has 0 aliphatic carbocycles. The molecule has 1 aliphatic heterocycles. The first-order valence-electron chi connectivity index (χ1n) is 7.51. The Balaban J connectivity index is 2.29. The molecule has 0 unspecified atom stereocenters. The molecule has 6 heteroatoms. The first-order valence-corrected chi connectivity index (χ1v) is 7.51. The zero-order valence-corrected chi connectivity index (χ0v) is 14.3. The molecule has 5 nitrogen and oxygen atoms in total. The third-order valence-electron chi connectivity index (χ3n) is 4.22. The predicted molar refractivity (Wildman–Crippen MR) is 88.8 cm³/mol. The topological polar surface area (TPSA) is 52.6 Å². The van der Waals surface area contributed by atoms with E-state index in [0.717, 1.165) is 11.2 Å². The van der Waals surface area contributed by atoms with Crippen molar-refractivity contribution in [2.24, 2.45) is 0 Å². The molecule has 1 saturated heterocycles. The van der Waals surface area contributed by atoms with Crippen molar-refractivity contribution in [1.29, 1.82) is 0 Å². The lowest BCUT2D eigenvalue weighted by atomic mass is 9.77. The number of nitrogens with zero attached hydrogens (tertiary/aromatic N) is 1. The van der Waals surface area contributed by atoms with Crippen molar-refractivity contribution in [1.82, 2.24) is 10.3 Å². The minimum Gasteiger partial charge on any atom is -0.481 e. The minimum absolute atomic E-state index is 0.355. The van der Waals surface area contributed by atoms with E-state index in [4.69, 9.17) is 14.0 Å². The van der Waals surface area contributed by atoms with Gasteiger partial charge in [-0.05, 0) is 52.4 Å². The summed E-state index contributed by atoms with van der Waals surface area (Å²) in [7, 11) is 3.13. The average Bonchev–Trinajstić information content (AvgIpc) is 2.67. The largest absolute Gasteiger partial charge is 0.491 e. The molecule has 22 heavy (non-hydrogen) atoms. The second kappa shape index (κ2) is 6.40. The lowest BCUT2D eigenvalue weighted by Crippen LogP contribution is -2.41. The number of hydrogen-bond acceptors (Lipinski definition) is 5. The molecule has 0 amide bonds. The van der Waals surface area contributed by atoms with Gasteiger partial charge < -0.3 is 19.4 Å². The summed E-state index contributed by atoms with van der Waals surface area (Å²) in [4.78, 5) is 4.42. The van der Waals surface area contributed by atoms with Crippen molar-refractivity contribution in [3.8, 4) is 5.88 Å². The second-order valence-corrected chi connectivity index (χ2v) is 6.44. The summed E-state index contributed by atoms with van der Waals surface area (Å²) < 4.78 is 17.4. The van der Waals surface area contributed by atoms with Crippen molar-refractivity contribution in [3.63, 3.8) is 0 Å². The molecule has 1 aromatic rings. The Morgan fingerprint density at radius 3 is 2.45 bits per heavy atom. The molecule has 0 radical (unpaired) electrons. The number of methoxy groups -OCH3 is 1. The first-order chi connectivity index (χ1) is 10.3. The zero-order valence-electron chi connectivity index (χ0n) is 14.3. The number of aromatic nitrogens is 1. The fourth-order valence-electron chi connectivity index (χ4n) is 2.22. The van der Waals surface area contributed by atoms with Crippen LogP contribution in [0.4, 0.5) is 0 Å². The quantitative estimate of drug-likeness (QED) is 0.846. The van der Waals surface area contributed by atoms with E-state index in [1.54, 1.807) is 7.11 Å². The maximum Gasteiger partial charge on any atom is 0.491 e. The smallest absolute Gasteiger partial charge is 0.481 e. The number of nitrogens with one attached hydrogen (secondary N) is 1. The van der Waals surface area contributed by atoms with Crippen molar-refractivity contribution >= 4 is 13.2 Å². The van der Waals surface area contributed by atoms with Crippen LogP contribution in [0.25, 0.3) is 6.08 Å². The molecule has 120 valence electrons. The summed E-state index contributed by atoms with van der Waals surface area (Å²) in [5.74, 6) is 0.589. The Morgan fingerprint density at radius 1 is 1.27 bits per heavy atom. The van der Waals surface area contributed by atoms with E-state index in [9.17, 15) is 0 Å². The highest BCUT2D eigenvalue weighted by Gasteiger charge is 2.52. The third kappa shape index (κ3) is 3.51. The van der Waals surface area contributed by atoms with Gasteiger partial charge in [-0.15, -0.1) is 0 Å². The van der Waals surface area contributed by atoms with Gasteiger partial charge >= 0.3 is 7.12 Å². The van der Waals surface area contributed by atoms with Crippen molar-refractivity contribution in [2.75, 3.05) is 20.7 Å². The predicted octanol–water partition coefficient (Wildman–Crippen LogP) is 2.32. The molecule has 1 aliphatic rings. The molecule has 0 bridgehead atoms. The van der Waals surface area contributed by atoms with E-state index >= 15 is 0 Å². The van der Waals surface area contributed by atoms with Crippen LogP contribution in [0, 0.1) is 0 Å². The number of likely N-dealkylation sites (N-methyl/N-ethyl adjacent to an activating group) is 1. The van der Waals surface area contributed by atoms with Crippen LogP contribution in [-0.4, -0.2) is 44.0 Å². The molecule has 2 rings (SSSR count). The molecule has 0 spiro atoms. The maximum atomic E-state index is 6.12. The van der Waals surface area contributed by atoms with Gasteiger partial charge in [0.25, 0.3) is 0 Å². The van der Waals surface area contributed by atoms with Gasteiger partial charge in [-0.25, -0.2) is 4.98 Å². The normalized spacial score (nSPS) is 20.3. The summed E-state index contributed by atoms with van der Waals surface area (Å²) in [6, 6.07) is 5.67. The molecule has 0 aromatic carbocycles. The number of rotatable bonds is 5. The fourth-order valence-corrected chi connectivity index (χ4v) is 2.22. The highest BCUT2D eigenvalue weighted by atomic mass is 16.7. The van der Waals surface area contributed by atoms with Crippen molar-refractivity contribution < 1.29 is 14.0 Å². The summed E-state index contributed by atoms with van der Waals surface area (Å²) in [6.07, 6.45) is 1.99. The van der Waals surface area contributed by atoms with Crippen LogP contribution in [0.2, 0.25) is 0 Å². The van der Waals surface area contributed by atoms with Gasteiger partial charge in [0.15, 0.2) is 0 Å². The summed E-state index contributed by atoms with van der Waals surface area (Å²) in [5, 5.41) is 3.16. The Labute approximate surface area is 133 Å². The summed E-state index contributed by atoms with van der Waals surface area (Å²) in [6.45, 7) is 8.86. The van der Waals surface area contributed by atoms with Gasteiger partial charge in [-0.3, -0.25) is 0 Å². The fraction of sp³-hybridized carbons (Fsp3) is 0.562. The van der Waals surface area contributed by atoms with Gasteiger partial charge in [0.2, 0.25) is 5.88 Å². The van der Waals surface area contributed by atoms with Crippen molar-refractivity contribution in [2.45, 2.75) is 38.9 Å². The minimum atomic E-state index is -0.384. The maximum absolute atomic E-state index is 6.12. The standard InChI is InChI=1S/C16H25BN2O3/c1-15(2)16(3,4)22-17(21-15)12(11-18-5)10-13-8-7-9-14(19-13)20-6/h7-10,18H,11H2,1-6H3. The second-order valence-electron chi connectivity index (χ2n) is 6.44. The molecule has 2 heterocycles. The van der Waals surface area contributed by atoms with Crippen LogP contribution < -0.4 is 10.1 Å². The highest BCUT2D eigenvalue weighted by molar-refractivity contribution is 6.55. The van der Waals surface area contributed by atoms with Gasteiger partial charge in [0.05, 0.1) is 24.0 Å². The lowest BCUT2D eigenvalue weighted by Gasteiger charge is -2.32. The van der Waals surface area contributed by atoms with Crippen LogP contribution >= 0.6 is 0 Å². The van der Waals surface area contributed by atoms with E-state index in [1.165, 1.54) is 0 Å². The van der Waals surface area contributed by atoms with E-state index in [2.05, 4.69) is 10.3 Å². The molecular formula is C16H25BN2O3. The van der Waals surface area contributed by atoms with Crippen LogP contribution in [0.1, 0.15) is 33.4 Å². The first kappa shape index (κ1) is 17.0. The molecular weight excluding hydrogens is 279 g/mol. The van der Waals surface area contributed by atoms with Crippen LogP contribution in [0.15, 0.2) is 23.7 Å². The SMILES string of the molecule is CNCC(=Cc1cccc(OC)n1)B1OC(C)(C)C(C)(C)O1. The zero-order chi connectivity index (χ0) is 16.4. The molecule has 1 fully saturated rings. The highest BCUT2D eigenvalue weighted by Crippen LogP contribution is 2.38. The van der Waals surface area contributed by atoms with Gasteiger partial charge in [-0.2, -0.15) is 0 Å². The molecule has 1 N–H and O–H groups in total. The van der Waals surface area contributed by atoms with E-state index in [1.807, 2.05) is 59.0 Å². The van der Waals surface area contributed by atoms with Crippen molar-refractivity contribution in [3.05, 3.63) is 29.4 Å².